The first-order chi connectivity index (χ1) is 13.0. The second-order valence-electron chi connectivity index (χ2n) is 6.47. The van der Waals surface area contributed by atoms with E-state index >= 15 is 0 Å². The van der Waals surface area contributed by atoms with Crippen molar-refractivity contribution in [1.82, 2.24) is 4.98 Å². The summed E-state index contributed by atoms with van der Waals surface area (Å²) in [7, 11) is 0. The molecule has 3 heterocycles. The van der Waals surface area contributed by atoms with Crippen molar-refractivity contribution in [3.8, 4) is 10.8 Å². The zero-order chi connectivity index (χ0) is 19.0. The standard InChI is InChI=1S/C20H19N3O3S/c1-12-18(22-20(26-12)17-6-4-10-27-17)19(25)21-15-7-8-16-14(11-15)5-3-9-23(16)13(2)24/h4,6-8,10-11H,3,5,9H2,1-2H3,(H,21,25). The molecule has 0 aliphatic carbocycles. The third-order valence-electron chi connectivity index (χ3n) is 4.58. The van der Waals surface area contributed by atoms with Gasteiger partial charge in [0.25, 0.3) is 5.91 Å². The van der Waals surface area contributed by atoms with E-state index in [9.17, 15) is 9.59 Å². The molecule has 4 rings (SSSR count). The van der Waals surface area contributed by atoms with Crippen LogP contribution in [-0.4, -0.2) is 23.3 Å². The largest absolute Gasteiger partial charge is 0.440 e. The van der Waals surface area contributed by atoms with Crippen molar-refractivity contribution in [3.05, 3.63) is 52.7 Å². The lowest BCUT2D eigenvalue weighted by atomic mass is 10.0. The Balaban J connectivity index is 1.56. The summed E-state index contributed by atoms with van der Waals surface area (Å²) in [5, 5.41) is 4.83. The highest BCUT2D eigenvalue weighted by atomic mass is 32.1. The number of oxazole rings is 1. The van der Waals surface area contributed by atoms with Crippen LogP contribution in [0.25, 0.3) is 10.8 Å². The molecule has 0 atom stereocenters. The molecule has 0 fully saturated rings. The first-order valence-corrected chi connectivity index (χ1v) is 9.64. The zero-order valence-electron chi connectivity index (χ0n) is 15.1. The smallest absolute Gasteiger partial charge is 0.277 e. The molecule has 1 aliphatic rings. The number of hydrogen-bond donors (Lipinski definition) is 1. The minimum atomic E-state index is -0.307. The third kappa shape index (κ3) is 3.38. The van der Waals surface area contributed by atoms with Gasteiger partial charge in [-0.2, -0.15) is 0 Å². The maximum atomic E-state index is 12.7. The number of rotatable bonds is 3. The Hall–Kier alpha value is -2.93. The first kappa shape index (κ1) is 17.5. The van der Waals surface area contributed by atoms with Gasteiger partial charge >= 0.3 is 0 Å². The van der Waals surface area contributed by atoms with Crippen molar-refractivity contribution >= 4 is 34.5 Å². The summed E-state index contributed by atoms with van der Waals surface area (Å²) in [5.41, 5.74) is 2.94. The molecule has 1 N–H and O–H groups in total. The molecule has 1 aromatic carbocycles. The van der Waals surface area contributed by atoms with Gasteiger partial charge in [0.05, 0.1) is 4.88 Å². The van der Waals surface area contributed by atoms with Gasteiger partial charge in [-0.25, -0.2) is 4.98 Å². The summed E-state index contributed by atoms with van der Waals surface area (Å²) in [6, 6.07) is 9.45. The summed E-state index contributed by atoms with van der Waals surface area (Å²) in [4.78, 5) is 31.5. The third-order valence-corrected chi connectivity index (χ3v) is 5.44. The Labute approximate surface area is 160 Å². The topological polar surface area (TPSA) is 75.4 Å². The van der Waals surface area contributed by atoms with E-state index in [1.807, 2.05) is 35.7 Å². The number of anilines is 2. The van der Waals surface area contributed by atoms with Crippen molar-refractivity contribution < 1.29 is 14.0 Å². The van der Waals surface area contributed by atoms with Crippen LogP contribution in [0.5, 0.6) is 0 Å². The van der Waals surface area contributed by atoms with Gasteiger partial charge in [0.2, 0.25) is 11.8 Å². The normalized spacial score (nSPS) is 13.3. The molecule has 7 heteroatoms. The van der Waals surface area contributed by atoms with Crippen LogP contribution in [0.15, 0.2) is 40.1 Å². The molecule has 0 saturated carbocycles. The van der Waals surface area contributed by atoms with Gasteiger partial charge in [0.1, 0.15) is 5.76 Å². The maximum Gasteiger partial charge on any atom is 0.277 e. The van der Waals surface area contributed by atoms with Gasteiger partial charge in [-0.15, -0.1) is 11.3 Å². The van der Waals surface area contributed by atoms with E-state index in [0.29, 0.717) is 17.3 Å². The molecule has 1 aliphatic heterocycles. The number of thiophene rings is 1. The van der Waals surface area contributed by atoms with Gasteiger partial charge < -0.3 is 14.6 Å². The number of carbonyl (C=O) groups excluding carboxylic acids is 2. The summed E-state index contributed by atoms with van der Waals surface area (Å²) in [6.45, 7) is 4.04. The predicted molar refractivity (Wildman–Crippen MR) is 105 cm³/mol. The van der Waals surface area contributed by atoms with Gasteiger partial charge in [0.15, 0.2) is 5.69 Å². The van der Waals surface area contributed by atoms with Gasteiger partial charge in [-0.05, 0) is 55.0 Å². The fraction of sp³-hybridized carbons (Fsp3) is 0.250. The van der Waals surface area contributed by atoms with Crippen molar-refractivity contribution in [2.24, 2.45) is 0 Å². The number of aromatic nitrogens is 1. The summed E-state index contributed by atoms with van der Waals surface area (Å²) < 4.78 is 5.64. The Morgan fingerprint density at radius 1 is 1.30 bits per heavy atom. The number of benzene rings is 1. The second kappa shape index (κ2) is 7.00. The van der Waals surface area contributed by atoms with E-state index in [0.717, 1.165) is 35.5 Å². The lowest BCUT2D eigenvalue weighted by Crippen LogP contribution is -2.33. The molecular formula is C20H19N3O3S. The summed E-state index contributed by atoms with van der Waals surface area (Å²) >= 11 is 1.51. The maximum absolute atomic E-state index is 12.7. The van der Waals surface area contributed by atoms with Crippen LogP contribution in [-0.2, 0) is 11.2 Å². The first-order valence-electron chi connectivity index (χ1n) is 8.76. The van der Waals surface area contributed by atoms with Gasteiger partial charge in [-0.3, -0.25) is 9.59 Å². The lowest BCUT2D eigenvalue weighted by Gasteiger charge is -2.28. The molecule has 138 valence electrons. The van der Waals surface area contributed by atoms with Crippen LogP contribution in [0, 0.1) is 6.92 Å². The molecule has 0 bridgehead atoms. The highest BCUT2D eigenvalue weighted by molar-refractivity contribution is 7.13. The Bertz CT molecular complexity index is 1010. The highest BCUT2D eigenvalue weighted by Crippen LogP contribution is 2.30. The Morgan fingerprint density at radius 2 is 2.15 bits per heavy atom. The van der Waals surface area contributed by atoms with Crippen LogP contribution in [0.4, 0.5) is 11.4 Å². The van der Waals surface area contributed by atoms with Crippen molar-refractivity contribution in [2.75, 3.05) is 16.8 Å². The molecule has 3 aromatic rings. The van der Waals surface area contributed by atoms with Crippen LogP contribution in [0.3, 0.4) is 0 Å². The number of amides is 2. The van der Waals surface area contributed by atoms with E-state index in [2.05, 4.69) is 10.3 Å². The fourth-order valence-corrected chi connectivity index (χ4v) is 3.95. The lowest BCUT2D eigenvalue weighted by molar-refractivity contribution is -0.116. The minimum absolute atomic E-state index is 0.0343. The number of aryl methyl sites for hydroxylation is 2. The minimum Gasteiger partial charge on any atom is -0.440 e. The number of fused-ring (bicyclic) bond motifs is 1. The van der Waals surface area contributed by atoms with Crippen LogP contribution in [0.2, 0.25) is 0 Å². The molecular weight excluding hydrogens is 362 g/mol. The number of carbonyl (C=O) groups is 2. The van der Waals surface area contributed by atoms with E-state index in [-0.39, 0.29) is 17.5 Å². The van der Waals surface area contributed by atoms with E-state index in [1.54, 1.807) is 18.7 Å². The van der Waals surface area contributed by atoms with Crippen molar-refractivity contribution in [2.45, 2.75) is 26.7 Å². The monoisotopic (exact) mass is 381 g/mol. The number of hydrogen-bond acceptors (Lipinski definition) is 5. The fourth-order valence-electron chi connectivity index (χ4n) is 3.30. The van der Waals surface area contributed by atoms with Crippen LogP contribution < -0.4 is 10.2 Å². The average molecular weight is 381 g/mol. The molecule has 2 aromatic heterocycles. The van der Waals surface area contributed by atoms with Crippen molar-refractivity contribution in [1.29, 1.82) is 0 Å². The Morgan fingerprint density at radius 3 is 2.89 bits per heavy atom. The van der Waals surface area contributed by atoms with Crippen LogP contribution in [0.1, 0.15) is 35.2 Å². The van der Waals surface area contributed by atoms with E-state index in [4.69, 9.17) is 4.42 Å². The molecule has 0 saturated heterocycles. The molecule has 0 unspecified atom stereocenters. The van der Waals surface area contributed by atoms with Crippen LogP contribution >= 0.6 is 11.3 Å². The zero-order valence-corrected chi connectivity index (χ0v) is 15.9. The average Bonchev–Trinajstić information content (AvgIpc) is 3.30. The quantitative estimate of drug-likeness (QED) is 0.735. The summed E-state index contributed by atoms with van der Waals surface area (Å²) in [6.07, 6.45) is 1.80. The number of nitrogens with one attached hydrogen (secondary N) is 1. The second-order valence-corrected chi connectivity index (χ2v) is 7.42. The van der Waals surface area contributed by atoms with Gasteiger partial charge in [-0.1, -0.05) is 6.07 Å². The van der Waals surface area contributed by atoms with E-state index < -0.39 is 0 Å². The highest BCUT2D eigenvalue weighted by Gasteiger charge is 2.22. The van der Waals surface area contributed by atoms with E-state index in [1.165, 1.54) is 11.3 Å². The predicted octanol–water partition coefficient (Wildman–Crippen LogP) is 4.26. The van der Waals surface area contributed by atoms with Crippen molar-refractivity contribution in [3.63, 3.8) is 0 Å². The molecule has 2 amide bonds. The number of nitrogens with zero attached hydrogens (tertiary/aromatic N) is 2. The van der Waals surface area contributed by atoms with Gasteiger partial charge in [0, 0.05) is 24.8 Å². The molecule has 6 nitrogen and oxygen atoms in total. The Kier molecular flexibility index (Phi) is 4.53. The molecule has 0 radical (unpaired) electrons. The molecule has 0 spiro atoms. The summed E-state index contributed by atoms with van der Waals surface area (Å²) in [5.74, 6) is 0.664. The molecule has 27 heavy (non-hydrogen) atoms. The SMILES string of the molecule is CC(=O)N1CCCc2cc(NC(=O)c3nc(-c4cccs4)oc3C)ccc21.